The third-order valence-electron chi connectivity index (χ3n) is 5.86. The van der Waals surface area contributed by atoms with E-state index in [0.29, 0.717) is 13.2 Å². The van der Waals surface area contributed by atoms with Gasteiger partial charge in [0.25, 0.3) is 0 Å². The number of hydrogen-bond acceptors (Lipinski definition) is 4. The van der Waals surface area contributed by atoms with Gasteiger partial charge in [-0.15, -0.1) is 0 Å². The van der Waals surface area contributed by atoms with Crippen LogP contribution in [0.5, 0.6) is 0 Å². The average Bonchev–Trinajstić information content (AvgIpc) is 3.21. The fraction of sp³-hybridized carbons (Fsp3) is 0.524. The van der Waals surface area contributed by atoms with Gasteiger partial charge >= 0.3 is 6.03 Å². The van der Waals surface area contributed by atoms with Crippen molar-refractivity contribution in [3.63, 3.8) is 0 Å². The molecule has 0 radical (unpaired) electrons. The Hall–Kier alpha value is -2.38. The number of aromatic nitrogens is 2. The van der Waals surface area contributed by atoms with Crippen molar-refractivity contribution in [3.8, 4) is 0 Å². The van der Waals surface area contributed by atoms with Gasteiger partial charge in [0.2, 0.25) is 0 Å². The number of nitrogens with one attached hydrogen (secondary N) is 2. The highest BCUT2D eigenvalue weighted by molar-refractivity contribution is 5.90. The van der Waals surface area contributed by atoms with E-state index in [2.05, 4.69) is 21.8 Å². The second-order valence-electron chi connectivity index (χ2n) is 7.91. The van der Waals surface area contributed by atoms with Crippen LogP contribution in [0.15, 0.2) is 30.5 Å². The normalized spacial score (nSPS) is 24.0. The standard InChI is InChI=1S/C21H26N4O3/c26-21(23-17-3-1-2-15-7-10-27-13-16(15)17)24-18-8-11-28-20(18)19-6-9-22-25(19)12-14-4-5-14/h1-3,6,9,14,18,20H,4-5,7-8,10-13H2,(H2,23,24,26)/t18-,20-/m1/s1. The minimum absolute atomic E-state index is 0.0644. The van der Waals surface area contributed by atoms with Gasteiger partial charge in [0.15, 0.2) is 0 Å². The Labute approximate surface area is 164 Å². The average molecular weight is 382 g/mol. The van der Waals surface area contributed by atoms with Crippen molar-refractivity contribution in [2.75, 3.05) is 18.5 Å². The Morgan fingerprint density at radius 2 is 2.14 bits per heavy atom. The maximum Gasteiger partial charge on any atom is 0.319 e. The SMILES string of the molecule is O=C(Nc1cccc2c1COCC2)N[C@@H]1CCO[C@H]1c1ccnn1CC1CC1. The van der Waals surface area contributed by atoms with Gasteiger partial charge in [0.05, 0.1) is 24.9 Å². The molecule has 3 heterocycles. The highest BCUT2D eigenvalue weighted by Gasteiger charge is 2.34. The van der Waals surface area contributed by atoms with Crippen LogP contribution in [0, 0.1) is 5.92 Å². The largest absolute Gasteiger partial charge is 0.376 e. The highest BCUT2D eigenvalue weighted by Crippen LogP contribution is 2.34. The summed E-state index contributed by atoms with van der Waals surface area (Å²) in [5, 5.41) is 10.6. The van der Waals surface area contributed by atoms with Crippen molar-refractivity contribution >= 4 is 11.7 Å². The maximum absolute atomic E-state index is 12.7. The van der Waals surface area contributed by atoms with E-state index in [1.165, 1.54) is 18.4 Å². The van der Waals surface area contributed by atoms with Crippen LogP contribution < -0.4 is 10.6 Å². The van der Waals surface area contributed by atoms with Crippen molar-refractivity contribution in [1.82, 2.24) is 15.1 Å². The zero-order valence-electron chi connectivity index (χ0n) is 15.9. The number of benzene rings is 1. The molecule has 5 rings (SSSR count). The monoisotopic (exact) mass is 382 g/mol. The molecule has 1 saturated carbocycles. The zero-order chi connectivity index (χ0) is 18.9. The lowest BCUT2D eigenvalue weighted by molar-refractivity contribution is 0.0926. The fourth-order valence-electron chi connectivity index (χ4n) is 4.15. The molecule has 1 aliphatic carbocycles. The van der Waals surface area contributed by atoms with E-state index in [-0.39, 0.29) is 18.2 Å². The number of hydrogen-bond donors (Lipinski definition) is 2. The lowest BCUT2D eigenvalue weighted by atomic mass is 10.0. The number of anilines is 1. The molecule has 3 aliphatic rings. The summed E-state index contributed by atoms with van der Waals surface area (Å²) in [5.41, 5.74) is 4.20. The predicted octanol–water partition coefficient (Wildman–Crippen LogP) is 3.02. The van der Waals surface area contributed by atoms with Gasteiger partial charge in [-0.25, -0.2) is 4.79 Å². The molecule has 0 bridgehead atoms. The molecular formula is C21H26N4O3. The molecule has 7 nitrogen and oxygen atoms in total. The first-order valence-corrected chi connectivity index (χ1v) is 10.2. The number of rotatable bonds is 5. The first-order chi connectivity index (χ1) is 13.8. The van der Waals surface area contributed by atoms with E-state index in [0.717, 1.165) is 48.9 Å². The van der Waals surface area contributed by atoms with Crippen LogP contribution in [0.25, 0.3) is 0 Å². The van der Waals surface area contributed by atoms with Gasteiger partial charge in [0, 0.05) is 30.6 Å². The molecule has 2 aromatic rings. The third kappa shape index (κ3) is 3.64. The Kier molecular flexibility index (Phi) is 4.78. The third-order valence-corrected chi connectivity index (χ3v) is 5.86. The molecule has 0 unspecified atom stereocenters. The van der Waals surface area contributed by atoms with Gasteiger partial charge in [-0.05, 0) is 49.3 Å². The molecule has 2 N–H and O–H groups in total. The van der Waals surface area contributed by atoms with Crippen LogP contribution in [-0.2, 0) is 29.0 Å². The molecule has 2 fully saturated rings. The predicted molar refractivity (Wildman–Crippen MR) is 104 cm³/mol. The van der Waals surface area contributed by atoms with Crippen LogP contribution in [0.4, 0.5) is 10.5 Å². The number of urea groups is 1. The van der Waals surface area contributed by atoms with E-state index in [1.54, 1.807) is 0 Å². The van der Waals surface area contributed by atoms with E-state index < -0.39 is 0 Å². The minimum atomic E-state index is -0.201. The lowest BCUT2D eigenvalue weighted by Gasteiger charge is -2.23. The van der Waals surface area contributed by atoms with Crippen LogP contribution in [-0.4, -0.2) is 35.1 Å². The number of fused-ring (bicyclic) bond motifs is 1. The van der Waals surface area contributed by atoms with Gasteiger partial charge in [-0.3, -0.25) is 4.68 Å². The first kappa shape index (κ1) is 17.7. The van der Waals surface area contributed by atoms with Crippen molar-refractivity contribution < 1.29 is 14.3 Å². The maximum atomic E-state index is 12.7. The number of carbonyl (C=O) groups is 1. The molecule has 1 aromatic carbocycles. The summed E-state index contributed by atoms with van der Waals surface area (Å²) < 4.78 is 13.6. The van der Waals surface area contributed by atoms with E-state index in [1.807, 2.05) is 29.1 Å². The van der Waals surface area contributed by atoms with Crippen molar-refractivity contribution in [2.45, 2.75) is 51.0 Å². The molecule has 1 aromatic heterocycles. The first-order valence-electron chi connectivity index (χ1n) is 10.2. The fourth-order valence-corrected chi connectivity index (χ4v) is 4.15. The molecular weight excluding hydrogens is 356 g/mol. The molecule has 2 atom stereocenters. The highest BCUT2D eigenvalue weighted by atomic mass is 16.5. The van der Waals surface area contributed by atoms with E-state index in [9.17, 15) is 4.79 Å². The van der Waals surface area contributed by atoms with Gasteiger partial charge in [0.1, 0.15) is 6.10 Å². The summed E-state index contributed by atoms with van der Waals surface area (Å²) in [5.74, 6) is 0.737. The molecule has 2 amide bonds. The smallest absolute Gasteiger partial charge is 0.319 e. The Morgan fingerprint density at radius 1 is 1.21 bits per heavy atom. The van der Waals surface area contributed by atoms with Gasteiger partial charge in [-0.1, -0.05) is 12.1 Å². The van der Waals surface area contributed by atoms with Crippen LogP contribution in [0.1, 0.15) is 42.2 Å². The quantitative estimate of drug-likeness (QED) is 0.833. The summed E-state index contributed by atoms with van der Waals surface area (Å²) in [4.78, 5) is 12.7. The molecule has 0 spiro atoms. The molecule has 2 aliphatic heterocycles. The molecule has 1 saturated heterocycles. The van der Waals surface area contributed by atoms with Crippen LogP contribution >= 0.6 is 0 Å². The Morgan fingerprint density at radius 3 is 3.04 bits per heavy atom. The topological polar surface area (TPSA) is 77.4 Å². The number of amides is 2. The van der Waals surface area contributed by atoms with E-state index in [4.69, 9.17) is 9.47 Å². The zero-order valence-corrected chi connectivity index (χ0v) is 15.9. The second-order valence-corrected chi connectivity index (χ2v) is 7.91. The second kappa shape index (κ2) is 7.56. The van der Waals surface area contributed by atoms with Crippen LogP contribution in [0.2, 0.25) is 0 Å². The molecule has 7 heteroatoms. The lowest BCUT2D eigenvalue weighted by Crippen LogP contribution is -2.40. The molecule has 148 valence electrons. The van der Waals surface area contributed by atoms with Crippen LogP contribution in [0.3, 0.4) is 0 Å². The summed E-state index contributed by atoms with van der Waals surface area (Å²) in [7, 11) is 0. The summed E-state index contributed by atoms with van der Waals surface area (Å²) >= 11 is 0. The summed E-state index contributed by atoms with van der Waals surface area (Å²) in [6.45, 7) is 2.86. The van der Waals surface area contributed by atoms with Crippen molar-refractivity contribution in [1.29, 1.82) is 0 Å². The van der Waals surface area contributed by atoms with Gasteiger partial charge < -0.3 is 20.1 Å². The number of carbonyl (C=O) groups excluding carboxylic acids is 1. The summed E-state index contributed by atoms with van der Waals surface area (Å²) in [6.07, 6.45) is 5.91. The molecule has 28 heavy (non-hydrogen) atoms. The number of nitrogens with zero attached hydrogens (tertiary/aromatic N) is 2. The van der Waals surface area contributed by atoms with Gasteiger partial charge in [-0.2, -0.15) is 5.10 Å². The Balaban J connectivity index is 1.27. The van der Waals surface area contributed by atoms with E-state index >= 15 is 0 Å². The van der Waals surface area contributed by atoms with Crippen molar-refractivity contribution in [2.24, 2.45) is 5.92 Å². The Bertz CT molecular complexity index is 861. The van der Waals surface area contributed by atoms with Crippen molar-refractivity contribution in [3.05, 3.63) is 47.3 Å². The summed E-state index contributed by atoms with van der Waals surface area (Å²) in [6, 6.07) is 7.76. The minimum Gasteiger partial charge on any atom is -0.376 e. The number of ether oxygens (including phenoxy) is 2.